The zero-order valence-corrected chi connectivity index (χ0v) is 9.49. The van der Waals surface area contributed by atoms with Crippen LogP contribution in [0.1, 0.15) is 29.8 Å². The van der Waals surface area contributed by atoms with Crippen LogP contribution in [0.3, 0.4) is 0 Å². The maximum Gasteiger partial charge on any atom is 0.252 e. The lowest BCUT2D eigenvalue weighted by molar-refractivity contribution is -0.119. The summed E-state index contributed by atoms with van der Waals surface area (Å²) in [6.45, 7) is 3.54. The number of aryl methyl sites for hydroxylation is 1. The molecule has 86 valence electrons. The minimum Gasteiger partial charge on any atom is -0.368 e. The third-order valence-electron chi connectivity index (χ3n) is 2.42. The smallest absolute Gasteiger partial charge is 0.252 e. The van der Waals surface area contributed by atoms with Crippen molar-refractivity contribution in [1.29, 1.82) is 0 Å². The fourth-order valence-corrected chi connectivity index (χ4v) is 1.40. The van der Waals surface area contributed by atoms with Crippen LogP contribution in [-0.2, 0) is 11.2 Å². The van der Waals surface area contributed by atoms with Crippen LogP contribution in [0.15, 0.2) is 24.3 Å². The molecule has 3 N–H and O–H groups in total. The van der Waals surface area contributed by atoms with Crippen molar-refractivity contribution in [3.8, 4) is 0 Å². The van der Waals surface area contributed by atoms with E-state index in [0.717, 1.165) is 12.0 Å². The highest BCUT2D eigenvalue weighted by molar-refractivity contribution is 5.98. The molecule has 2 amide bonds. The summed E-state index contributed by atoms with van der Waals surface area (Å²) in [5.41, 5.74) is 6.63. The summed E-state index contributed by atoms with van der Waals surface area (Å²) in [6, 6.07) is 6.65. The predicted octanol–water partition coefficient (Wildman–Crippen LogP) is 0.853. The Balaban J connectivity index is 2.84. The van der Waals surface area contributed by atoms with E-state index in [9.17, 15) is 9.59 Å². The molecule has 1 aromatic carbocycles. The summed E-state index contributed by atoms with van der Waals surface area (Å²) in [4.78, 5) is 22.6. The molecule has 0 aliphatic rings. The van der Waals surface area contributed by atoms with Gasteiger partial charge in [0.2, 0.25) is 5.91 Å². The molecule has 0 saturated heterocycles. The first-order valence-corrected chi connectivity index (χ1v) is 5.24. The van der Waals surface area contributed by atoms with E-state index >= 15 is 0 Å². The van der Waals surface area contributed by atoms with Crippen molar-refractivity contribution in [3.05, 3.63) is 35.4 Å². The average molecular weight is 220 g/mol. The molecule has 0 aromatic heterocycles. The quantitative estimate of drug-likeness (QED) is 0.789. The summed E-state index contributed by atoms with van der Waals surface area (Å²) >= 11 is 0. The lowest BCUT2D eigenvalue weighted by atomic mass is 10.0. The number of nitrogens with two attached hydrogens (primary N) is 1. The van der Waals surface area contributed by atoms with E-state index in [1.807, 2.05) is 19.1 Å². The SMILES string of the molecule is CCc1ccccc1C(=O)N[C@@H](C)C(N)=O. The summed E-state index contributed by atoms with van der Waals surface area (Å²) in [5.74, 6) is -0.800. The molecule has 0 saturated carbocycles. The average Bonchev–Trinajstić information content (AvgIpc) is 2.28. The Kier molecular flexibility index (Phi) is 4.05. The monoisotopic (exact) mass is 220 g/mol. The highest BCUT2D eigenvalue weighted by Gasteiger charge is 2.15. The van der Waals surface area contributed by atoms with Gasteiger partial charge < -0.3 is 11.1 Å². The van der Waals surface area contributed by atoms with Crippen molar-refractivity contribution < 1.29 is 9.59 Å². The molecule has 0 radical (unpaired) electrons. The molecule has 1 rings (SSSR count). The number of hydrogen-bond donors (Lipinski definition) is 2. The number of rotatable bonds is 4. The second-order valence-electron chi connectivity index (χ2n) is 3.61. The van der Waals surface area contributed by atoms with Crippen molar-refractivity contribution in [2.45, 2.75) is 26.3 Å². The molecule has 0 fully saturated rings. The number of primary amides is 1. The Morgan fingerprint density at radius 1 is 1.38 bits per heavy atom. The lowest BCUT2D eigenvalue weighted by Gasteiger charge is -2.12. The zero-order chi connectivity index (χ0) is 12.1. The van der Waals surface area contributed by atoms with Gasteiger partial charge in [0, 0.05) is 5.56 Å². The van der Waals surface area contributed by atoms with Crippen molar-refractivity contribution in [2.75, 3.05) is 0 Å². The largest absolute Gasteiger partial charge is 0.368 e. The molecule has 0 bridgehead atoms. The Labute approximate surface area is 94.8 Å². The lowest BCUT2D eigenvalue weighted by Crippen LogP contribution is -2.42. The first-order chi connectivity index (χ1) is 7.56. The van der Waals surface area contributed by atoms with Gasteiger partial charge in [0.15, 0.2) is 0 Å². The van der Waals surface area contributed by atoms with E-state index in [1.165, 1.54) is 0 Å². The van der Waals surface area contributed by atoms with E-state index in [-0.39, 0.29) is 5.91 Å². The molecule has 0 heterocycles. The van der Waals surface area contributed by atoms with Crippen LogP contribution in [0, 0.1) is 0 Å². The van der Waals surface area contributed by atoms with Gasteiger partial charge in [0.1, 0.15) is 6.04 Å². The molecular formula is C12H16N2O2. The minimum absolute atomic E-state index is 0.260. The van der Waals surface area contributed by atoms with Gasteiger partial charge in [-0.25, -0.2) is 0 Å². The Morgan fingerprint density at radius 2 is 2.00 bits per heavy atom. The second kappa shape index (κ2) is 5.30. The van der Waals surface area contributed by atoms with Gasteiger partial charge in [-0.15, -0.1) is 0 Å². The summed E-state index contributed by atoms with van der Waals surface area (Å²) in [6.07, 6.45) is 0.772. The number of hydrogen-bond acceptors (Lipinski definition) is 2. The zero-order valence-electron chi connectivity index (χ0n) is 9.49. The predicted molar refractivity (Wildman–Crippen MR) is 61.9 cm³/mol. The van der Waals surface area contributed by atoms with Gasteiger partial charge in [0.25, 0.3) is 5.91 Å². The molecule has 1 aromatic rings. The standard InChI is InChI=1S/C12H16N2O2/c1-3-9-6-4-5-7-10(9)12(16)14-8(2)11(13)15/h4-8H,3H2,1-2H3,(H2,13,15)(H,14,16)/t8-/m0/s1. The van der Waals surface area contributed by atoms with Gasteiger partial charge in [-0.1, -0.05) is 25.1 Å². The number of carbonyl (C=O) groups is 2. The molecule has 4 nitrogen and oxygen atoms in total. The summed E-state index contributed by atoms with van der Waals surface area (Å²) < 4.78 is 0. The van der Waals surface area contributed by atoms with Crippen molar-refractivity contribution in [1.82, 2.24) is 5.32 Å². The Bertz CT molecular complexity index is 402. The van der Waals surface area contributed by atoms with Crippen molar-refractivity contribution >= 4 is 11.8 Å². The number of benzene rings is 1. The minimum atomic E-state index is -0.655. The molecule has 0 spiro atoms. The van der Waals surface area contributed by atoms with Gasteiger partial charge >= 0.3 is 0 Å². The third-order valence-corrected chi connectivity index (χ3v) is 2.42. The maximum atomic E-state index is 11.8. The molecule has 1 atom stereocenters. The van der Waals surface area contributed by atoms with E-state index < -0.39 is 11.9 Å². The van der Waals surface area contributed by atoms with Crippen LogP contribution in [0.4, 0.5) is 0 Å². The summed E-state index contributed by atoms with van der Waals surface area (Å²) in [7, 11) is 0. The fourth-order valence-electron chi connectivity index (χ4n) is 1.40. The van der Waals surface area contributed by atoms with Crippen LogP contribution in [0.25, 0.3) is 0 Å². The number of amides is 2. The first-order valence-electron chi connectivity index (χ1n) is 5.24. The van der Waals surface area contributed by atoms with Gasteiger partial charge in [-0.3, -0.25) is 9.59 Å². The molecular weight excluding hydrogens is 204 g/mol. The number of nitrogens with one attached hydrogen (secondary N) is 1. The molecule has 0 aliphatic carbocycles. The van der Waals surface area contributed by atoms with Gasteiger partial charge in [0.05, 0.1) is 0 Å². The van der Waals surface area contributed by atoms with Gasteiger partial charge in [-0.2, -0.15) is 0 Å². The third kappa shape index (κ3) is 2.82. The highest BCUT2D eigenvalue weighted by Crippen LogP contribution is 2.09. The molecule has 0 aliphatic heterocycles. The molecule has 0 unspecified atom stereocenters. The Hall–Kier alpha value is -1.84. The van der Waals surface area contributed by atoms with Gasteiger partial charge in [-0.05, 0) is 25.0 Å². The van der Waals surface area contributed by atoms with E-state index in [2.05, 4.69) is 5.32 Å². The highest BCUT2D eigenvalue weighted by atomic mass is 16.2. The van der Waals surface area contributed by atoms with Crippen molar-refractivity contribution in [3.63, 3.8) is 0 Å². The van der Waals surface area contributed by atoms with Crippen LogP contribution < -0.4 is 11.1 Å². The Morgan fingerprint density at radius 3 is 2.56 bits per heavy atom. The normalized spacial score (nSPS) is 11.9. The van der Waals surface area contributed by atoms with Crippen molar-refractivity contribution in [2.24, 2.45) is 5.73 Å². The maximum absolute atomic E-state index is 11.8. The topological polar surface area (TPSA) is 72.2 Å². The van der Waals surface area contributed by atoms with E-state index in [1.54, 1.807) is 19.1 Å². The molecule has 4 heteroatoms. The summed E-state index contributed by atoms with van der Waals surface area (Å²) in [5, 5.41) is 2.56. The van der Waals surface area contributed by atoms with Crippen LogP contribution in [0.2, 0.25) is 0 Å². The first kappa shape index (κ1) is 12.2. The van der Waals surface area contributed by atoms with Crippen LogP contribution in [-0.4, -0.2) is 17.9 Å². The molecule has 16 heavy (non-hydrogen) atoms. The van der Waals surface area contributed by atoms with E-state index in [4.69, 9.17) is 5.73 Å². The van der Waals surface area contributed by atoms with Crippen LogP contribution in [0.5, 0.6) is 0 Å². The van der Waals surface area contributed by atoms with Crippen LogP contribution >= 0.6 is 0 Å². The fraction of sp³-hybridized carbons (Fsp3) is 0.333. The van der Waals surface area contributed by atoms with E-state index in [0.29, 0.717) is 5.56 Å². The number of carbonyl (C=O) groups excluding carboxylic acids is 2. The second-order valence-corrected chi connectivity index (χ2v) is 3.61.